The second-order valence-electron chi connectivity index (χ2n) is 6.81. The van der Waals surface area contributed by atoms with E-state index in [1.165, 1.54) is 6.07 Å². The highest BCUT2D eigenvalue weighted by molar-refractivity contribution is 5.68. The van der Waals surface area contributed by atoms with Crippen LogP contribution in [0.2, 0.25) is 0 Å². The highest BCUT2D eigenvalue weighted by atomic mass is 19.1. The van der Waals surface area contributed by atoms with Crippen LogP contribution in [-0.2, 0) is 0 Å². The van der Waals surface area contributed by atoms with Crippen molar-refractivity contribution in [2.75, 3.05) is 11.9 Å². The van der Waals surface area contributed by atoms with Crippen molar-refractivity contribution in [3.63, 3.8) is 0 Å². The molecule has 8 heteroatoms. The summed E-state index contributed by atoms with van der Waals surface area (Å²) in [4.78, 5) is 1.75. The highest BCUT2D eigenvalue weighted by Gasteiger charge is 2.31. The maximum Gasteiger partial charge on any atom is 0.151 e. The number of anilines is 1. The summed E-state index contributed by atoms with van der Waals surface area (Å²) in [6.45, 7) is 0. The van der Waals surface area contributed by atoms with E-state index in [1.54, 1.807) is 36.2 Å². The summed E-state index contributed by atoms with van der Waals surface area (Å²) >= 11 is 0. The van der Waals surface area contributed by atoms with Gasteiger partial charge in [0.15, 0.2) is 5.82 Å². The van der Waals surface area contributed by atoms with Crippen molar-refractivity contribution in [3.05, 3.63) is 35.9 Å². The zero-order valence-electron chi connectivity index (χ0n) is 15.0. The lowest BCUT2D eigenvalue weighted by molar-refractivity contribution is 0.114. The Kier molecular flexibility index (Phi) is 5.84. The average Bonchev–Trinajstić information content (AvgIpc) is 2.88. The SMILES string of the molecule is CN(c1ccc(-c2ccc(C#N)cc2O)nn1)[C@@H]1CC(NO)CCCC1F. The lowest BCUT2D eigenvalue weighted by Crippen LogP contribution is -2.43. The molecule has 7 nitrogen and oxygen atoms in total. The Morgan fingerprint density at radius 2 is 2.07 bits per heavy atom. The fourth-order valence-corrected chi connectivity index (χ4v) is 3.47. The number of rotatable bonds is 4. The first-order valence-electron chi connectivity index (χ1n) is 8.87. The predicted molar refractivity (Wildman–Crippen MR) is 98.1 cm³/mol. The van der Waals surface area contributed by atoms with E-state index < -0.39 is 12.2 Å². The first kappa shape index (κ1) is 19.0. The van der Waals surface area contributed by atoms with Gasteiger partial charge in [0.2, 0.25) is 0 Å². The van der Waals surface area contributed by atoms with E-state index in [-0.39, 0.29) is 11.8 Å². The monoisotopic (exact) mass is 371 g/mol. The molecular formula is C19H22FN5O2. The van der Waals surface area contributed by atoms with Gasteiger partial charge in [-0.15, -0.1) is 10.2 Å². The molecule has 0 aliphatic heterocycles. The van der Waals surface area contributed by atoms with Gasteiger partial charge >= 0.3 is 0 Å². The van der Waals surface area contributed by atoms with Crippen LogP contribution in [0, 0.1) is 11.3 Å². The van der Waals surface area contributed by atoms with Crippen molar-refractivity contribution in [2.45, 2.75) is 43.9 Å². The Morgan fingerprint density at radius 1 is 1.26 bits per heavy atom. The quantitative estimate of drug-likeness (QED) is 0.560. The Balaban J connectivity index is 1.81. The Labute approximate surface area is 157 Å². The number of nitrogens with zero attached hydrogens (tertiary/aromatic N) is 4. The topological polar surface area (TPSA) is 105 Å². The summed E-state index contributed by atoms with van der Waals surface area (Å²) in [6, 6.07) is 9.40. The second-order valence-corrected chi connectivity index (χ2v) is 6.81. The summed E-state index contributed by atoms with van der Waals surface area (Å²) in [6.07, 6.45) is 1.33. The molecule has 0 saturated heterocycles. The van der Waals surface area contributed by atoms with Crippen LogP contribution in [0.5, 0.6) is 5.75 Å². The number of aromatic hydroxyl groups is 1. The normalized spacial score (nSPS) is 22.7. The van der Waals surface area contributed by atoms with E-state index in [0.29, 0.717) is 41.9 Å². The van der Waals surface area contributed by atoms with Gasteiger partial charge in [0.25, 0.3) is 0 Å². The van der Waals surface area contributed by atoms with Crippen molar-refractivity contribution in [3.8, 4) is 23.1 Å². The number of benzene rings is 1. The van der Waals surface area contributed by atoms with E-state index in [0.717, 1.165) is 6.42 Å². The number of nitriles is 1. The number of nitrogens with one attached hydrogen (secondary N) is 1. The third kappa shape index (κ3) is 4.15. The van der Waals surface area contributed by atoms with Gasteiger partial charge in [-0.25, -0.2) is 9.87 Å². The lowest BCUT2D eigenvalue weighted by atomic mass is 10.0. The number of phenolic OH excluding ortho intramolecular Hbond substituents is 1. The highest BCUT2D eigenvalue weighted by Crippen LogP contribution is 2.30. The van der Waals surface area contributed by atoms with Gasteiger partial charge in [-0.05, 0) is 56.0 Å². The first-order valence-corrected chi connectivity index (χ1v) is 8.87. The summed E-state index contributed by atoms with van der Waals surface area (Å²) in [5, 5.41) is 36.5. The van der Waals surface area contributed by atoms with Crippen molar-refractivity contribution >= 4 is 5.82 Å². The van der Waals surface area contributed by atoms with Crippen LogP contribution in [0.3, 0.4) is 0 Å². The number of aromatic nitrogens is 2. The molecule has 3 atom stereocenters. The average molecular weight is 371 g/mol. The van der Waals surface area contributed by atoms with E-state index >= 15 is 0 Å². The number of hydrogen-bond acceptors (Lipinski definition) is 7. The van der Waals surface area contributed by atoms with Crippen LogP contribution in [-0.4, -0.2) is 45.8 Å². The second kappa shape index (κ2) is 8.29. The van der Waals surface area contributed by atoms with Crippen LogP contribution in [0.1, 0.15) is 31.2 Å². The smallest absolute Gasteiger partial charge is 0.151 e. The molecule has 1 aromatic heterocycles. The largest absolute Gasteiger partial charge is 0.507 e. The number of alkyl halides is 1. The zero-order valence-corrected chi connectivity index (χ0v) is 15.0. The number of hydroxylamine groups is 1. The maximum absolute atomic E-state index is 14.6. The molecule has 3 N–H and O–H groups in total. The van der Waals surface area contributed by atoms with Gasteiger partial charge in [-0.1, -0.05) is 0 Å². The third-order valence-corrected chi connectivity index (χ3v) is 5.07. The number of phenols is 1. The van der Waals surface area contributed by atoms with Gasteiger partial charge in [0, 0.05) is 18.7 Å². The molecule has 1 saturated carbocycles. The maximum atomic E-state index is 14.6. The molecule has 0 radical (unpaired) electrons. The lowest BCUT2D eigenvalue weighted by Gasteiger charge is -2.31. The van der Waals surface area contributed by atoms with E-state index in [4.69, 9.17) is 5.26 Å². The first-order chi connectivity index (χ1) is 13.0. The van der Waals surface area contributed by atoms with Gasteiger partial charge in [0.05, 0.1) is 23.4 Å². The van der Waals surface area contributed by atoms with Crippen molar-refractivity contribution in [1.29, 1.82) is 5.26 Å². The third-order valence-electron chi connectivity index (χ3n) is 5.07. The van der Waals surface area contributed by atoms with Gasteiger partial charge in [-0.3, -0.25) is 0 Å². The summed E-state index contributed by atoms with van der Waals surface area (Å²) in [7, 11) is 1.76. The van der Waals surface area contributed by atoms with Crippen LogP contribution in [0.15, 0.2) is 30.3 Å². The van der Waals surface area contributed by atoms with Crippen LogP contribution in [0.25, 0.3) is 11.3 Å². The Morgan fingerprint density at radius 3 is 2.70 bits per heavy atom. The van der Waals surface area contributed by atoms with E-state index in [1.807, 2.05) is 6.07 Å². The minimum Gasteiger partial charge on any atom is -0.507 e. The molecule has 0 amide bonds. The summed E-state index contributed by atoms with van der Waals surface area (Å²) in [5.41, 5.74) is 3.55. The fraction of sp³-hybridized carbons (Fsp3) is 0.421. The Hall–Kier alpha value is -2.76. The van der Waals surface area contributed by atoms with E-state index in [2.05, 4.69) is 15.7 Å². The molecule has 1 aliphatic rings. The molecule has 2 unspecified atom stereocenters. The van der Waals surface area contributed by atoms with Crippen molar-refractivity contribution in [2.24, 2.45) is 0 Å². The molecule has 0 bridgehead atoms. The zero-order chi connectivity index (χ0) is 19.4. The molecule has 142 valence electrons. The molecule has 1 aliphatic carbocycles. The Bertz CT molecular complexity index is 824. The molecule has 1 fully saturated rings. The predicted octanol–water partition coefficient (Wildman–Crippen LogP) is 2.79. The molecule has 2 aromatic rings. The van der Waals surface area contributed by atoms with Crippen LogP contribution >= 0.6 is 0 Å². The summed E-state index contributed by atoms with van der Waals surface area (Å²) in [5.74, 6) is 0.465. The molecule has 3 rings (SSSR count). The standard InChI is InChI=1S/C19H22FN5O2/c1-25(17-10-13(24-27)3-2-4-15(17)20)19-8-7-16(22-23-19)14-6-5-12(11-21)9-18(14)26/h5-9,13,15,17,24,26-27H,2-4,10H2,1H3/t13?,15?,17-/m1/s1. The number of hydrogen-bond donors (Lipinski definition) is 3. The molecule has 1 aromatic carbocycles. The van der Waals surface area contributed by atoms with Crippen molar-refractivity contribution < 1.29 is 14.7 Å². The van der Waals surface area contributed by atoms with Gasteiger partial charge in [-0.2, -0.15) is 5.26 Å². The van der Waals surface area contributed by atoms with Gasteiger partial charge < -0.3 is 15.2 Å². The van der Waals surface area contributed by atoms with E-state index in [9.17, 15) is 14.7 Å². The summed E-state index contributed by atoms with van der Waals surface area (Å²) < 4.78 is 14.6. The van der Waals surface area contributed by atoms with Crippen LogP contribution in [0.4, 0.5) is 10.2 Å². The van der Waals surface area contributed by atoms with Crippen molar-refractivity contribution in [1.82, 2.24) is 15.7 Å². The minimum absolute atomic E-state index is 0.0473. The number of halogens is 1. The molecule has 0 spiro atoms. The van der Waals surface area contributed by atoms with Gasteiger partial charge in [0.1, 0.15) is 11.9 Å². The molecule has 27 heavy (non-hydrogen) atoms. The minimum atomic E-state index is -1.02. The van der Waals surface area contributed by atoms with Crippen LogP contribution < -0.4 is 10.4 Å². The fourth-order valence-electron chi connectivity index (χ4n) is 3.47. The molecule has 1 heterocycles. The molecular weight excluding hydrogens is 349 g/mol.